The number of nitrogens with one attached hydrogen (secondary N) is 1. The number of thioether (sulfide) groups is 1. The fraction of sp³-hybridized carbons (Fsp3) is 0.500. The Bertz CT molecular complexity index is 478. The molecule has 2 amide bonds. The minimum Gasteiger partial charge on any atom is -0.325 e. The molecule has 1 rings (SSSR count). The number of hydrogen-bond acceptors (Lipinski definition) is 2. The molecule has 0 aromatic heterocycles. The average molecular weight is 320 g/mol. The highest BCUT2D eigenvalue weighted by Gasteiger charge is 2.30. The summed E-state index contributed by atoms with van der Waals surface area (Å²) < 4.78 is 37.5. The summed E-state index contributed by atoms with van der Waals surface area (Å²) in [4.78, 5) is 13.7. The molecule has 0 atom stereocenters. The number of carbonyl (C=O) groups is 1. The molecule has 0 radical (unpaired) electrons. The monoisotopic (exact) mass is 320 g/mol. The second kappa shape index (κ2) is 7.59. The highest BCUT2D eigenvalue weighted by atomic mass is 32.2. The van der Waals surface area contributed by atoms with Gasteiger partial charge in [0.1, 0.15) is 0 Å². The summed E-state index contributed by atoms with van der Waals surface area (Å²) in [7, 11) is 0. The molecule has 0 aliphatic heterocycles. The number of carbonyl (C=O) groups excluding carboxylic acids is 1. The van der Waals surface area contributed by atoms with Crippen molar-refractivity contribution < 1.29 is 18.0 Å². The number of amides is 2. The van der Waals surface area contributed by atoms with E-state index in [9.17, 15) is 18.0 Å². The van der Waals surface area contributed by atoms with Gasteiger partial charge < -0.3 is 10.2 Å². The predicted molar refractivity (Wildman–Crippen MR) is 79.5 cm³/mol. The Balaban J connectivity index is 2.84. The Morgan fingerprint density at radius 3 is 2.48 bits per heavy atom. The standard InChI is InChI=1S/C14H19F3N2OS/c1-4-19(9-10(2)3)13(20)18-11-7-5-6-8-12(11)21-14(15,16)17/h5-8,10H,4,9H2,1-3H3,(H,18,20). The number of rotatable bonds is 5. The van der Waals surface area contributed by atoms with Gasteiger partial charge in [0.25, 0.3) is 0 Å². The maximum Gasteiger partial charge on any atom is 0.446 e. The van der Waals surface area contributed by atoms with Gasteiger partial charge in [0.05, 0.1) is 5.69 Å². The average Bonchev–Trinajstić information content (AvgIpc) is 2.36. The summed E-state index contributed by atoms with van der Waals surface area (Å²) in [5.41, 5.74) is -4.21. The van der Waals surface area contributed by atoms with Crippen LogP contribution in [-0.4, -0.2) is 29.5 Å². The molecular formula is C14H19F3N2OS. The van der Waals surface area contributed by atoms with Crippen LogP contribution in [0.2, 0.25) is 0 Å². The van der Waals surface area contributed by atoms with Crippen molar-refractivity contribution in [2.75, 3.05) is 18.4 Å². The van der Waals surface area contributed by atoms with E-state index in [1.807, 2.05) is 20.8 Å². The molecule has 1 aromatic rings. The van der Waals surface area contributed by atoms with Crippen molar-refractivity contribution in [3.8, 4) is 0 Å². The van der Waals surface area contributed by atoms with Crippen molar-refractivity contribution in [1.29, 1.82) is 0 Å². The van der Waals surface area contributed by atoms with E-state index in [0.717, 1.165) is 0 Å². The van der Waals surface area contributed by atoms with Gasteiger partial charge in [-0.2, -0.15) is 13.2 Å². The fourth-order valence-corrected chi connectivity index (χ4v) is 2.40. The van der Waals surface area contributed by atoms with Crippen molar-refractivity contribution in [2.24, 2.45) is 5.92 Å². The molecule has 21 heavy (non-hydrogen) atoms. The normalized spacial score (nSPS) is 11.6. The molecule has 0 saturated heterocycles. The lowest BCUT2D eigenvalue weighted by atomic mass is 10.2. The summed E-state index contributed by atoms with van der Waals surface area (Å²) in [5.74, 6) is 0.287. The van der Waals surface area contributed by atoms with Crippen molar-refractivity contribution in [3.05, 3.63) is 24.3 Å². The zero-order chi connectivity index (χ0) is 16.0. The third-order valence-electron chi connectivity index (χ3n) is 2.61. The number of nitrogens with zero attached hydrogens (tertiary/aromatic N) is 1. The summed E-state index contributed by atoms with van der Waals surface area (Å²) in [6.07, 6.45) is 0. The Labute approximate surface area is 126 Å². The highest BCUT2D eigenvalue weighted by molar-refractivity contribution is 8.00. The van der Waals surface area contributed by atoms with Crippen molar-refractivity contribution >= 4 is 23.5 Å². The first-order valence-electron chi connectivity index (χ1n) is 6.63. The van der Waals surface area contributed by atoms with Crippen molar-refractivity contribution in [1.82, 2.24) is 4.90 Å². The Morgan fingerprint density at radius 2 is 1.95 bits per heavy atom. The second-order valence-corrected chi connectivity index (χ2v) is 6.01. The highest BCUT2D eigenvalue weighted by Crippen LogP contribution is 2.40. The Morgan fingerprint density at radius 1 is 1.33 bits per heavy atom. The minimum absolute atomic E-state index is 0.0149. The zero-order valence-electron chi connectivity index (χ0n) is 12.2. The quantitative estimate of drug-likeness (QED) is 0.790. The lowest BCUT2D eigenvalue weighted by molar-refractivity contribution is -0.0328. The molecule has 0 fully saturated rings. The minimum atomic E-state index is -4.39. The van der Waals surface area contributed by atoms with E-state index in [1.54, 1.807) is 11.0 Å². The van der Waals surface area contributed by atoms with Crippen LogP contribution in [0.4, 0.5) is 23.7 Å². The lowest BCUT2D eigenvalue weighted by Crippen LogP contribution is -2.37. The maximum atomic E-state index is 12.5. The van der Waals surface area contributed by atoms with E-state index in [0.29, 0.717) is 13.1 Å². The van der Waals surface area contributed by atoms with Gasteiger partial charge in [-0.1, -0.05) is 26.0 Å². The molecule has 0 aliphatic carbocycles. The number of anilines is 1. The number of hydrogen-bond donors (Lipinski definition) is 1. The van der Waals surface area contributed by atoms with Gasteiger partial charge in [-0.15, -0.1) is 0 Å². The molecule has 0 aliphatic rings. The molecule has 118 valence electrons. The van der Waals surface area contributed by atoms with Crippen LogP contribution in [0.1, 0.15) is 20.8 Å². The third-order valence-corrected chi connectivity index (χ3v) is 3.42. The van der Waals surface area contributed by atoms with E-state index >= 15 is 0 Å². The van der Waals surface area contributed by atoms with Crippen LogP contribution in [0.5, 0.6) is 0 Å². The van der Waals surface area contributed by atoms with Crippen LogP contribution < -0.4 is 5.32 Å². The van der Waals surface area contributed by atoms with E-state index in [4.69, 9.17) is 0 Å². The molecule has 7 heteroatoms. The van der Waals surface area contributed by atoms with Gasteiger partial charge in [0.2, 0.25) is 0 Å². The zero-order valence-corrected chi connectivity index (χ0v) is 13.0. The molecular weight excluding hydrogens is 301 g/mol. The number of halogens is 3. The van der Waals surface area contributed by atoms with Crippen LogP contribution >= 0.6 is 11.8 Å². The van der Waals surface area contributed by atoms with Crippen molar-refractivity contribution in [2.45, 2.75) is 31.2 Å². The largest absolute Gasteiger partial charge is 0.446 e. The summed E-state index contributed by atoms with van der Waals surface area (Å²) in [6, 6.07) is 5.52. The maximum absolute atomic E-state index is 12.5. The van der Waals surface area contributed by atoms with Crippen LogP contribution in [0.25, 0.3) is 0 Å². The van der Waals surface area contributed by atoms with Gasteiger partial charge in [0.15, 0.2) is 0 Å². The SMILES string of the molecule is CCN(CC(C)C)C(=O)Nc1ccccc1SC(F)(F)F. The molecule has 0 heterocycles. The van der Waals surface area contributed by atoms with E-state index in [-0.39, 0.29) is 34.3 Å². The number of alkyl halides is 3. The van der Waals surface area contributed by atoms with Gasteiger partial charge in [-0.25, -0.2) is 4.79 Å². The van der Waals surface area contributed by atoms with Gasteiger partial charge in [0, 0.05) is 18.0 Å². The molecule has 0 unspecified atom stereocenters. The molecule has 0 saturated carbocycles. The van der Waals surface area contributed by atoms with E-state index in [1.165, 1.54) is 18.2 Å². The summed E-state index contributed by atoms with van der Waals surface area (Å²) in [5, 5.41) is 2.56. The molecule has 3 nitrogen and oxygen atoms in total. The Hall–Kier alpha value is -1.37. The first-order valence-corrected chi connectivity index (χ1v) is 7.45. The van der Waals surface area contributed by atoms with E-state index in [2.05, 4.69) is 5.32 Å². The number of para-hydroxylation sites is 1. The van der Waals surface area contributed by atoms with Gasteiger partial charge in [-0.05, 0) is 36.7 Å². The molecule has 1 aromatic carbocycles. The van der Waals surface area contributed by atoms with Crippen LogP contribution in [0.15, 0.2) is 29.2 Å². The van der Waals surface area contributed by atoms with E-state index < -0.39 is 5.51 Å². The number of urea groups is 1. The first kappa shape index (κ1) is 17.7. The predicted octanol–water partition coefficient (Wildman–Crippen LogP) is 4.81. The van der Waals surface area contributed by atoms with Crippen LogP contribution in [0.3, 0.4) is 0 Å². The third kappa shape index (κ3) is 6.29. The smallest absolute Gasteiger partial charge is 0.325 e. The summed E-state index contributed by atoms with van der Waals surface area (Å²) in [6.45, 7) is 6.83. The molecule has 0 bridgehead atoms. The fourth-order valence-electron chi connectivity index (χ4n) is 1.77. The van der Waals surface area contributed by atoms with Gasteiger partial charge >= 0.3 is 11.5 Å². The Kier molecular flexibility index (Phi) is 6.39. The summed E-state index contributed by atoms with van der Waals surface area (Å²) >= 11 is -0.231. The second-order valence-electron chi connectivity index (χ2n) is 4.91. The topological polar surface area (TPSA) is 32.3 Å². The molecule has 1 N–H and O–H groups in total. The van der Waals surface area contributed by atoms with Gasteiger partial charge in [-0.3, -0.25) is 0 Å². The van der Waals surface area contributed by atoms with Crippen LogP contribution in [0, 0.1) is 5.92 Å². The van der Waals surface area contributed by atoms with Crippen LogP contribution in [-0.2, 0) is 0 Å². The first-order chi connectivity index (χ1) is 9.73. The van der Waals surface area contributed by atoms with Crippen molar-refractivity contribution in [3.63, 3.8) is 0 Å². The lowest BCUT2D eigenvalue weighted by Gasteiger charge is -2.24. The molecule has 0 spiro atoms. The number of benzene rings is 1.